The third kappa shape index (κ3) is 2.59. The maximum Gasteiger partial charge on any atom is 0.234 e. The summed E-state index contributed by atoms with van der Waals surface area (Å²) in [5.74, 6) is -1.59. The van der Waals surface area contributed by atoms with E-state index in [2.05, 4.69) is 22.5 Å². The number of anilines is 1. The third-order valence-corrected chi connectivity index (χ3v) is 5.24. The van der Waals surface area contributed by atoms with Crippen LogP contribution in [0.3, 0.4) is 0 Å². The number of halogens is 2. The zero-order valence-corrected chi connectivity index (χ0v) is 14.3. The van der Waals surface area contributed by atoms with Crippen LogP contribution in [0, 0.1) is 5.92 Å². The summed E-state index contributed by atoms with van der Waals surface area (Å²) >= 11 is 6.33. The molecule has 1 amide bonds. The number of hydrogen-bond donors (Lipinski definition) is 2. The number of aromatic nitrogens is 1. The van der Waals surface area contributed by atoms with Gasteiger partial charge in [-0.05, 0) is 37.1 Å². The number of pyridine rings is 1. The fourth-order valence-corrected chi connectivity index (χ4v) is 4.08. The van der Waals surface area contributed by atoms with Crippen LogP contribution in [-0.2, 0) is 10.2 Å². The van der Waals surface area contributed by atoms with Crippen molar-refractivity contribution in [1.82, 2.24) is 10.3 Å². The zero-order valence-electron chi connectivity index (χ0n) is 13.6. The summed E-state index contributed by atoms with van der Waals surface area (Å²) in [6.07, 6.45) is 12.3. The normalized spacial score (nSPS) is 29.6. The number of carbonyl (C=O) groups is 1. The summed E-state index contributed by atoms with van der Waals surface area (Å²) in [5.41, 5.74) is 2.20. The van der Waals surface area contributed by atoms with Gasteiger partial charge in [0.2, 0.25) is 5.91 Å². The predicted octanol–water partition coefficient (Wildman–Crippen LogP) is 3.70. The van der Waals surface area contributed by atoms with E-state index in [1.54, 1.807) is 30.6 Å². The highest BCUT2D eigenvalue weighted by Crippen LogP contribution is 2.47. The number of nitrogens with zero attached hydrogens (tertiary/aromatic N) is 1. The van der Waals surface area contributed by atoms with E-state index in [4.69, 9.17) is 11.6 Å². The SMILES string of the molecule is CC12C=C(Cl)C=C(NC(=O)C3CC=CC=C3F)C1Nc1cnccc12. The fourth-order valence-electron chi connectivity index (χ4n) is 3.74. The van der Waals surface area contributed by atoms with Crippen molar-refractivity contribution in [3.63, 3.8) is 0 Å². The first-order valence-electron chi connectivity index (χ1n) is 8.13. The molecule has 128 valence electrons. The highest BCUT2D eigenvalue weighted by Gasteiger charge is 2.46. The largest absolute Gasteiger partial charge is 0.374 e. The summed E-state index contributed by atoms with van der Waals surface area (Å²) in [4.78, 5) is 16.7. The van der Waals surface area contributed by atoms with Gasteiger partial charge in [0.15, 0.2) is 0 Å². The van der Waals surface area contributed by atoms with E-state index in [-0.39, 0.29) is 11.9 Å². The number of allylic oxidation sites excluding steroid dienone is 5. The van der Waals surface area contributed by atoms with Crippen LogP contribution in [0.4, 0.5) is 10.1 Å². The molecule has 1 aromatic heterocycles. The molecule has 0 fully saturated rings. The van der Waals surface area contributed by atoms with Crippen LogP contribution in [0.5, 0.6) is 0 Å². The molecule has 25 heavy (non-hydrogen) atoms. The van der Waals surface area contributed by atoms with Gasteiger partial charge in [-0.25, -0.2) is 4.39 Å². The maximum absolute atomic E-state index is 14.0. The summed E-state index contributed by atoms with van der Waals surface area (Å²) in [5, 5.41) is 6.82. The molecule has 3 atom stereocenters. The lowest BCUT2D eigenvalue weighted by Gasteiger charge is -2.34. The third-order valence-electron chi connectivity index (χ3n) is 5.02. The first-order chi connectivity index (χ1) is 12.0. The predicted molar refractivity (Wildman–Crippen MR) is 95.6 cm³/mol. The Labute approximate surface area is 150 Å². The standard InChI is InChI=1S/C19H17ClFN3O/c1-19-9-11(20)8-15(17(19)23-16-10-22-7-6-13(16)19)24-18(25)12-4-2-3-5-14(12)21/h2-3,5-10,12,17,23H,4H2,1H3,(H,24,25). The van der Waals surface area contributed by atoms with Crippen LogP contribution < -0.4 is 10.6 Å². The molecule has 2 heterocycles. The van der Waals surface area contributed by atoms with Gasteiger partial charge in [-0.15, -0.1) is 0 Å². The Balaban J connectivity index is 1.64. The monoisotopic (exact) mass is 357 g/mol. The Kier molecular flexibility index (Phi) is 3.76. The molecule has 6 heteroatoms. The molecule has 0 saturated carbocycles. The lowest BCUT2D eigenvalue weighted by atomic mass is 9.75. The van der Waals surface area contributed by atoms with Crippen molar-refractivity contribution in [3.8, 4) is 0 Å². The molecular weight excluding hydrogens is 341 g/mol. The molecule has 0 bridgehead atoms. The second-order valence-electron chi connectivity index (χ2n) is 6.67. The van der Waals surface area contributed by atoms with Crippen molar-refractivity contribution in [2.45, 2.75) is 24.8 Å². The van der Waals surface area contributed by atoms with Gasteiger partial charge in [-0.3, -0.25) is 9.78 Å². The van der Waals surface area contributed by atoms with Gasteiger partial charge in [-0.1, -0.05) is 29.8 Å². The highest BCUT2D eigenvalue weighted by atomic mass is 35.5. The molecule has 0 aromatic carbocycles. The fraction of sp³-hybridized carbons (Fsp3) is 0.263. The second kappa shape index (κ2) is 5.85. The molecule has 0 saturated heterocycles. The molecule has 0 spiro atoms. The minimum atomic E-state index is -0.799. The average molecular weight is 358 g/mol. The Morgan fingerprint density at radius 1 is 1.52 bits per heavy atom. The first kappa shape index (κ1) is 16.1. The zero-order chi connectivity index (χ0) is 17.6. The van der Waals surface area contributed by atoms with Crippen molar-refractivity contribution < 1.29 is 9.18 Å². The van der Waals surface area contributed by atoms with Gasteiger partial charge in [0.1, 0.15) is 5.83 Å². The number of nitrogens with one attached hydrogen (secondary N) is 2. The average Bonchev–Trinajstić information content (AvgIpc) is 2.88. The number of fused-ring (bicyclic) bond motifs is 3. The van der Waals surface area contributed by atoms with E-state index in [0.29, 0.717) is 17.2 Å². The molecule has 4 rings (SSSR count). The van der Waals surface area contributed by atoms with Crippen molar-refractivity contribution in [2.24, 2.45) is 5.92 Å². The van der Waals surface area contributed by atoms with E-state index < -0.39 is 17.2 Å². The number of carbonyl (C=O) groups excluding carboxylic acids is 1. The topological polar surface area (TPSA) is 54.0 Å². The van der Waals surface area contributed by atoms with E-state index in [9.17, 15) is 9.18 Å². The van der Waals surface area contributed by atoms with Gasteiger partial charge in [-0.2, -0.15) is 0 Å². The Hall–Kier alpha value is -2.40. The van der Waals surface area contributed by atoms with Crippen LogP contribution in [-0.4, -0.2) is 16.9 Å². The quantitative estimate of drug-likeness (QED) is 0.848. The molecule has 1 aliphatic heterocycles. The first-order valence-corrected chi connectivity index (χ1v) is 8.51. The van der Waals surface area contributed by atoms with Crippen molar-refractivity contribution in [1.29, 1.82) is 0 Å². The van der Waals surface area contributed by atoms with Crippen molar-refractivity contribution in [2.75, 3.05) is 5.32 Å². The summed E-state index contributed by atoms with van der Waals surface area (Å²) in [7, 11) is 0. The molecular formula is C19H17ClFN3O. The van der Waals surface area contributed by atoms with Crippen LogP contribution in [0.1, 0.15) is 18.9 Å². The molecule has 1 aromatic rings. The Morgan fingerprint density at radius 3 is 3.16 bits per heavy atom. The highest BCUT2D eigenvalue weighted by molar-refractivity contribution is 6.31. The molecule has 2 N–H and O–H groups in total. The number of hydrogen-bond acceptors (Lipinski definition) is 3. The second-order valence-corrected chi connectivity index (χ2v) is 7.10. The number of amides is 1. The Morgan fingerprint density at radius 2 is 2.36 bits per heavy atom. The minimum Gasteiger partial charge on any atom is -0.374 e. The van der Waals surface area contributed by atoms with E-state index in [1.165, 1.54) is 6.08 Å². The van der Waals surface area contributed by atoms with Crippen LogP contribution >= 0.6 is 11.6 Å². The summed E-state index contributed by atoms with van der Waals surface area (Å²) in [6.45, 7) is 2.06. The van der Waals surface area contributed by atoms with E-state index >= 15 is 0 Å². The molecule has 3 aliphatic rings. The number of rotatable bonds is 2. The van der Waals surface area contributed by atoms with Gasteiger partial charge >= 0.3 is 0 Å². The molecule has 0 radical (unpaired) electrons. The molecule has 3 unspecified atom stereocenters. The smallest absolute Gasteiger partial charge is 0.234 e. The summed E-state index contributed by atoms with van der Waals surface area (Å²) < 4.78 is 14.0. The Bertz CT molecular complexity index is 873. The lowest BCUT2D eigenvalue weighted by molar-refractivity contribution is -0.123. The van der Waals surface area contributed by atoms with E-state index in [0.717, 1.165) is 11.3 Å². The van der Waals surface area contributed by atoms with Gasteiger partial charge in [0, 0.05) is 22.3 Å². The molecule has 4 nitrogen and oxygen atoms in total. The van der Waals surface area contributed by atoms with Crippen LogP contribution in [0.15, 0.2) is 65.4 Å². The van der Waals surface area contributed by atoms with E-state index in [1.807, 2.05) is 12.1 Å². The van der Waals surface area contributed by atoms with Gasteiger partial charge in [0.05, 0.1) is 23.8 Å². The van der Waals surface area contributed by atoms with Crippen molar-refractivity contribution >= 4 is 23.2 Å². The molecule has 2 aliphatic carbocycles. The van der Waals surface area contributed by atoms with Gasteiger partial charge in [0.25, 0.3) is 0 Å². The van der Waals surface area contributed by atoms with Crippen LogP contribution in [0.2, 0.25) is 0 Å². The lowest BCUT2D eigenvalue weighted by Crippen LogP contribution is -2.45. The maximum atomic E-state index is 14.0. The summed E-state index contributed by atoms with van der Waals surface area (Å²) in [6, 6.07) is 1.76. The van der Waals surface area contributed by atoms with Crippen molar-refractivity contribution in [3.05, 3.63) is 71.0 Å². The van der Waals surface area contributed by atoms with Crippen LogP contribution in [0.25, 0.3) is 0 Å². The minimum absolute atomic E-state index is 0.190. The van der Waals surface area contributed by atoms with Gasteiger partial charge < -0.3 is 10.6 Å².